The largest absolute Gasteiger partial charge is 0.497 e. The molecular weight excluding hydrogens is 302 g/mol. The van der Waals surface area contributed by atoms with E-state index in [4.69, 9.17) is 9.47 Å². The number of nitrogens with zero attached hydrogens (tertiary/aromatic N) is 1. The molecule has 0 amide bonds. The molecule has 0 saturated heterocycles. The molecule has 0 fully saturated rings. The second-order valence-corrected chi connectivity index (χ2v) is 5.46. The number of carbonyl (C=O) groups excluding carboxylic acids is 1. The van der Waals surface area contributed by atoms with Crippen LogP contribution in [0, 0.1) is 11.3 Å². The Morgan fingerprint density at radius 2 is 1.62 bits per heavy atom. The van der Waals surface area contributed by atoms with Crippen LogP contribution in [0.15, 0.2) is 54.1 Å². The molecule has 4 nitrogen and oxygen atoms in total. The van der Waals surface area contributed by atoms with Crippen LogP contribution in [0.3, 0.4) is 0 Å². The van der Waals surface area contributed by atoms with E-state index < -0.39 is 0 Å². The molecule has 0 saturated carbocycles. The fraction of sp³-hybridized carbons (Fsp3) is 0.200. The number of allylic oxidation sites excluding steroid dienone is 1. The Morgan fingerprint density at radius 3 is 2.12 bits per heavy atom. The quantitative estimate of drug-likeness (QED) is 0.453. The van der Waals surface area contributed by atoms with Crippen LogP contribution in [0.5, 0.6) is 11.5 Å². The Bertz CT molecular complexity index is 766. The lowest BCUT2D eigenvalue weighted by Gasteiger charge is -2.09. The first kappa shape index (κ1) is 17.3. The Hall–Kier alpha value is -3.06. The van der Waals surface area contributed by atoms with E-state index in [1.54, 1.807) is 37.5 Å². The molecule has 0 N–H and O–H groups in total. The summed E-state index contributed by atoms with van der Waals surface area (Å²) in [4.78, 5) is 12.4. The van der Waals surface area contributed by atoms with Gasteiger partial charge < -0.3 is 9.47 Å². The molecule has 2 aromatic carbocycles. The van der Waals surface area contributed by atoms with Gasteiger partial charge in [-0.15, -0.1) is 0 Å². The number of hydrogen-bond donors (Lipinski definition) is 0. The molecule has 0 aromatic heterocycles. The fourth-order valence-corrected chi connectivity index (χ4v) is 2.13. The summed E-state index contributed by atoms with van der Waals surface area (Å²) < 4.78 is 10.6. The van der Waals surface area contributed by atoms with Gasteiger partial charge in [-0.1, -0.05) is 12.1 Å². The number of ketones is 1. The van der Waals surface area contributed by atoms with E-state index in [9.17, 15) is 10.1 Å². The Labute approximate surface area is 141 Å². The van der Waals surface area contributed by atoms with Crippen molar-refractivity contribution in [3.63, 3.8) is 0 Å². The lowest BCUT2D eigenvalue weighted by atomic mass is 10.0. The lowest BCUT2D eigenvalue weighted by Crippen LogP contribution is -2.05. The molecule has 0 spiro atoms. The number of rotatable bonds is 6. The van der Waals surface area contributed by atoms with Crippen molar-refractivity contribution < 1.29 is 14.3 Å². The van der Waals surface area contributed by atoms with Crippen molar-refractivity contribution in [1.82, 2.24) is 0 Å². The zero-order chi connectivity index (χ0) is 17.5. The van der Waals surface area contributed by atoms with Gasteiger partial charge in [0, 0.05) is 5.56 Å². The SMILES string of the molecule is COc1ccc(C(=O)/C(C#N)=C/c2ccc(OC(C)C)cc2)cc1. The first-order valence-corrected chi connectivity index (χ1v) is 7.60. The zero-order valence-electron chi connectivity index (χ0n) is 13.9. The molecule has 0 heterocycles. The van der Waals surface area contributed by atoms with Gasteiger partial charge in [0.25, 0.3) is 0 Å². The first-order valence-electron chi connectivity index (χ1n) is 7.60. The number of methoxy groups -OCH3 is 1. The van der Waals surface area contributed by atoms with Crippen molar-refractivity contribution in [3.8, 4) is 17.6 Å². The molecule has 0 unspecified atom stereocenters. The summed E-state index contributed by atoms with van der Waals surface area (Å²) in [6.07, 6.45) is 1.67. The number of hydrogen-bond acceptors (Lipinski definition) is 4. The van der Waals surface area contributed by atoms with Gasteiger partial charge in [-0.25, -0.2) is 0 Å². The second-order valence-electron chi connectivity index (χ2n) is 5.46. The lowest BCUT2D eigenvalue weighted by molar-refractivity contribution is 0.104. The summed E-state index contributed by atoms with van der Waals surface area (Å²) >= 11 is 0. The predicted octanol–water partition coefficient (Wildman–Crippen LogP) is 4.27. The van der Waals surface area contributed by atoms with Crippen LogP contribution in [0.4, 0.5) is 0 Å². The fourth-order valence-electron chi connectivity index (χ4n) is 2.13. The van der Waals surface area contributed by atoms with Gasteiger partial charge in [0.05, 0.1) is 13.2 Å². The summed E-state index contributed by atoms with van der Waals surface area (Å²) in [5, 5.41) is 9.30. The van der Waals surface area contributed by atoms with Crippen molar-refractivity contribution in [2.24, 2.45) is 0 Å². The van der Waals surface area contributed by atoms with Crippen LogP contribution in [0.2, 0.25) is 0 Å². The smallest absolute Gasteiger partial charge is 0.203 e. The van der Waals surface area contributed by atoms with Crippen LogP contribution in [-0.4, -0.2) is 19.0 Å². The maximum atomic E-state index is 12.4. The third kappa shape index (κ3) is 4.47. The molecule has 2 aromatic rings. The summed E-state index contributed by atoms with van der Waals surface area (Å²) in [6, 6.07) is 15.9. The number of carbonyl (C=O) groups is 1. The Kier molecular flexibility index (Phi) is 5.75. The molecule has 0 aliphatic heterocycles. The van der Waals surface area contributed by atoms with E-state index in [-0.39, 0.29) is 17.5 Å². The molecule has 2 rings (SSSR count). The number of ether oxygens (including phenoxy) is 2. The van der Waals surface area contributed by atoms with Crippen molar-refractivity contribution in [2.45, 2.75) is 20.0 Å². The minimum absolute atomic E-state index is 0.0812. The zero-order valence-corrected chi connectivity index (χ0v) is 13.9. The van der Waals surface area contributed by atoms with Crippen LogP contribution < -0.4 is 9.47 Å². The molecule has 0 atom stereocenters. The monoisotopic (exact) mass is 321 g/mol. The number of Topliss-reactive ketones (excluding diaryl/α,β-unsaturated/α-hetero) is 1. The van der Waals surface area contributed by atoms with Gasteiger partial charge >= 0.3 is 0 Å². The van der Waals surface area contributed by atoms with Crippen LogP contribution in [-0.2, 0) is 0 Å². The van der Waals surface area contributed by atoms with Crippen LogP contribution in [0.25, 0.3) is 6.08 Å². The molecule has 0 radical (unpaired) electrons. The van der Waals surface area contributed by atoms with Crippen molar-refractivity contribution in [1.29, 1.82) is 5.26 Å². The van der Waals surface area contributed by atoms with E-state index >= 15 is 0 Å². The molecule has 0 aliphatic carbocycles. The molecule has 24 heavy (non-hydrogen) atoms. The van der Waals surface area contributed by atoms with Gasteiger partial charge in [0.1, 0.15) is 23.1 Å². The van der Waals surface area contributed by atoms with Gasteiger partial charge in [0.15, 0.2) is 0 Å². The Balaban J connectivity index is 2.21. The summed E-state index contributed by atoms with van der Waals surface area (Å²) in [6.45, 7) is 3.91. The van der Waals surface area contributed by atoms with Gasteiger partial charge in [-0.3, -0.25) is 4.79 Å². The third-order valence-corrected chi connectivity index (χ3v) is 3.28. The highest BCUT2D eigenvalue weighted by molar-refractivity contribution is 6.14. The standard InChI is InChI=1S/C20H19NO3/c1-14(2)24-19-8-4-15(5-9-19)12-17(13-21)20(22)16-6-10-18(23-3)11-7-16/h4-12,14H,1-3H3/b17-12+. The molecule has 0 bridgehead atoms. The maximum Gasteiger partial charge on any atom is 0.203 e. The average Bonchev–Trinajstić information content (AvgIpc) is 2.60. The van der Waals surface area contributed by atoms with Crippen molar-refractivity contribution in [3.05, 3.63) is 65.2 Å². The van der Waals surface area contributed by atoms with Crippen LogP contribution in [0.1, 0.15) is 29.8 Å². The molecular formula is C20H19NO3. The van der Waals surface area contributed by atoms with Crippen LogP contribution >= 0.6 is 0 Å². The number of nitriles is 1. The van der Waals surface area contributed by atoms with Gasteiger partial charge in [-0.05, 0) is 61.9 Å². The van der Waals surface area contributed by atoms with Crippen molar-refractivity contribution >= 4 is 11.9 Å². The van der Waals surface area contributed by atoms with E-state index in [0.717, 1.165) is 11.3 Å². The Morgan fingerprint density at radius 1 is 1.04 bits per heavy atom. The highest BCUT2D eigenvalue weighted by Gasteiger charge is 2.12. The number of benzene rings is 2. The third-order valence-electron chi connectivity index (χ3n) is 3.28. The second kappa shape index (κ2) is 7.98. The van der Waals surface area contributed by atoms with E-state index in [1.165, 1.54) is 0 Å². The van der Waals surface area contributed by atoms with Gasteiger partial charge in [0.2, 0.25) is 5.78 Å². The summed E-state index contributed by atoms with van der Waals surface area (Å²) in [5.74, 6) is 1.10. The average molecular weight is 321 g/mol. The normalized spacial score (nSPS) is 11.0. The molecule has 0 aliphatic rings. The van der Waals surface area contributed by atoms with E-state index in [2.05, 4.69) is 0 Å². The maximum absolute atomic E-state index is 12.4. The topological polar surface area (TPSA) is 59.3 Å². The van der Waals surface area contributed by atoms with Crippen molar-refractivity contribution in [2.75, 3.05) is 7.11 Å². The summed E-state index contributed by atoms with van der Waals surface area (Å²) in [5.41, 5.74) is 1.30. The summed E-state index contributed by atoms with van der Waals surface area (Å²) in [7, 11) is 1.56. The predicted molar refractivity (Wildman–Crippen MR) is 93.1 cm³/mol. The highest BCUT2D eigenvalue weighted by Crippen LogP contribution is 2.18. The van der Waals surface area contributed by atoms with E-state index in [0.29, 0.717) is 11.3 Å². The minimum Gasteiger partial charge on any atom is -0.497 e. The molecule has 4 heteroatoms. The van der Waals surface area contributed by atoms with Gasteiger partial charge in [-0.2, -0.15) is 5.26 Å². The highest BCUT2D eigenvalue weighted by atomic mass is 16.5. The first-order chi connectivity index (χ1) is 11.5. The molecule has 122 valence electrons. The van der Waals surface area contributed by atoms with E-state index in [1.807, 2.05) is 44.2 Å². The minimum atomic E-state index is -0.317.